The highest BCUT2D eigenvalue weighted by Crippen LogP contribution is 1.99. The molecule has 0 atom stereocenters. The van der Waals surface area contributed by atoms with Crippen molar-refractivity contribution in [1.29, 1.82) is 0 Å². The number of hydrogen-bond acceptors (Lipinski definition) is 0. The molecule has 0 heteroatoms. The lowest BCUT2D eigenvalue weighted by Gasteiger charge is -1.92. The summed E-state index contributed by atoms with van der Waals surface area (Å²) in [6, 6.07) is 31.0. The minimum atomic E-state index is 1.05. The van der Waals surface area contributed by atoms with Crippen molar-refractivity contribution < 1.29 is 0 Å². The van der Waals surface area contributed by atoms with E-state index in [0.717, 1.165) is 6.42 Å². The van der Waals surface area contributed by atoms with Gasteiger partial charge in [-0.05, 0) is 32.8 Å². The van der Waals surface area contributed by atoms with Gasteiger partial charge in [-0.25, -0.2) is 0 Å². The molecule has 0 aromatic heterocycles. The van der Waals surface area contributed by atoms with Gasteiger partial charge in [0.2, 0.25) is 0 Å². The lowest BCUT2D eigenvalue weighted by Crippen LogP contribution is -1.76. The van der Waals surface area contributed by atoms with Crippen molar-refractivity contribution in [3.05, 3.63) is 120 Å². The Morgan fingerprint density at radius 1 is 0.583 bits per heavy atom. The van der Waals surface area contributed by atoms with Crippen LogP contribution < -0.4 is 0 Å². The normalized spacial score (nSPS) is 9.46. The number of hydrogen-bond donors (Lipinski definition) is 0. The van der Waals surface area contributed by atoms with Crippen molar-refractivity contribution in [3.8, 4) is 0 Å². The Balaban J connectivity index is 0.000000185. The van der Waals surface area contributed by atoms with E-state index < -0.39 is 0 Å². The molecule has 0 radical (unpaired) electrons. The highest BCUT2D eigenvalue weighted by atomic mass is 13.9. The predicted molar refractivity (Wildman–Crippen MR) is 107 cm³/mol. The summed E-state index contributed by atoms with van der Waals surface area (Å²) in [5, 5.41) is 0. The molecule has 0 amide bonds. The SMILES string of the molecule is C/C=C/Cc1ccccc1.Cc1ccccc1.Cc1ccccc1. The van der Waals surface area contributed by atoms with Crippen molar-refractivity contribution in [3.63, 3.8) is 0 Å². The Morgan fingerprint density at radius 2 is 0.958 bits per heavy atom. The molecule has 0 aliphatic rings. The molecule has 0 bridgehead atoms. The lowest BCUT2D eigenvalue weighted by atomic mass is 10.1. The van der Waals surface area contributed by atoms with Gasteiger partial charge >= 0.3 is 0 Å². The van der Waals surface area contributed by atoms with Gasteiger partial charge in [-0.1, -0.05) is 114 Å². The van der Waals surface area contributed by atoms with Crippen molar-refractivity contribution in [2.45, 2.75) is 27.2 Å². The average Bonchev–Trinajstić information content (AvgIpc) is 2.63. The number of allylic oxidation sites excluding steroid dienone is 2. The molecule has 0 saturated heterocycles. The minimum Gasteiger partial charge on any atom is -0.0913 e. The van der Waals surface area contributed by atoms with Crippen molar-refractivity contribution in [1.82, 2.24) is 0 Å². The van der Waals surface area contributed by atoms with Crippen LogP contribution in [0.4, 0.5) is 0 Å². The monoisotopic (exact) mass is 316 g/mol. The van der Waals surface area contributed by atoms with Crippen LogP contribution in [0.25, 0.3) is 0 Å². The first-order valence-corrected chi connectivity index (χ1v) is 8.40. The maximum Gasteiger partial charge on any atom is -0.00976 e. The van der Waals surface area contributed by atoms with Gasteiger partial charge in [0.05, 0.1) is 0 Å². The molecule has 0 saturated carbocycles. The molecule has 24 heavy (non-hydrogen) atoms. The third-order valence-electron chi connectivity index (χ3n) is 3.31. The van der Waals surface area contributed by atoms with Crippen molar-refractivity contribution in [2.24, 2.45) is 0 Å². The van der Waals surface area contributed by atoms with Crippen LogP contribution in [0.5, 0.6) is 0 Å². The van der Waals surface area contributed by atoms with Crippen LogP contribution in [0, 0.1) is 13.8 Å². The molecule has 124 valence electrons. The molecule has 0 spiro atoms. The summed E-state index contributed by atoms with van der Waals surface area (Å²) in [5.74, 6) is 0. The number of aryl methyl sites for hydroxylation is 2. The first-order chi connectivity index (χ1) is 11.7. The standard InChI is InChI=1S/C10H12.2C7H8/c1-2-3-7-10-8-5-4-6-9-10;2*1-7-5-3-2-4-6-7/h2-6,8-9H,7H2,1H3;2*2-6H,1H3/b3-2+;;. The Kier molecular flexibility index (Phi) is 10.4. The van der Waals surface area contributed by atoms with E-state index in [1.54, 1.807) is 0 Å². The Labute approximate surface area is 147 Å². The smallest absolute Gasteiger partial charge is 0.00976 e. The first-order valence-electron chi connectivity index (χ1n) is 8.40. The van der Waals surface area contributed by atoms with Crippen LogP contribution >= 0.6 is 0 Å². The molecule has 0 unspecified atom stereocenters. The zero-order chi connectivity index (χ0) is 17.5. The maximum atomic E-state index is 2.16. The predicted octanol–water partition coefficient (Wildman–Crippen LogP) is 6.80. The molecule has 0 heterocycles. The van der Waals surface area contributed by atoms with Gasteiger partial charge in [-0.2, -0.15) is 0 Å². The zero-order valence-electron chi connectivity index (χ0n) is 15.0. The Bertz CT molecular complexity index is 615. The highest BCUT2D eigenvalue weighted by Gasteiger charge is 1.83. The van der Waals surface area contributed by atoms with Crippen molar-refractivity contribution >= 4 is 0 Å². The van der Waals surface area contributed by atoms with E-state index in [1.807, 2.05) is 49.4 Å². The lowest BCUT2D eigenvalue weighted by molar-refractivity contribution is 1.26. The van der Waals surface area contributed by atoms with E-state index in [-0.39, 0.29) is 0 Å². The van der Waals surface area contributed by atoms with Gasteiger partial charge in [0.1, 0.15) is 0 Å². The van der Waals surface area contributed by atoms with Crippen molar-refractivity contribution in [2.75, 3.05) is 0 Å². The number of benzene rings is 3. The molecule has 0 N–H and O–H groups in total. The van der Waals surface area contributed by atoms with Gasteiger partial charge < -0.3 is 0 Å². The highest BCUT2D eigenvalue weighted by molar-refractivity contribution is 5.17. The molecule has 0 nitrogen and oxygen atoms in total. The van der Waals surface area contributed by atoms with Gasteiger partial charge in [-0.3, -0.25) is 0 Å². The molecule has 3 aromatic carbocycles. The molecule has 3 aromatic rings. The van der Waals surface area contributed by atoms with Crippen LogP contribution in [0.3, 0.4) is 0 Å². The zero-order valence-corrected chi connectivity index (χ0v) is 15.0. The molecular formula is C24H28. The summed E-state index contributed by atoms with van der Waals surface area (Å²) in [5.41, 5.74) is 4.02. The van der Waals surface area contributed by atoms with Gasteiger partial charge in [0, 0.05) is 0 Å². The van der Waals surface area contributed by atoms with Gasteiger partial charge in [0.15, 0.2) is 0 Å². The minimum absolute atomic E-state index is 1.05. The molecule has 3 rings (SSSR count). The number of rotatable bonds is 2. The van der Waals surface area contributed by atoms with Crippen LogP contribution in [0.15, 0.2) is 103 Å². The second-order valence-electron chi connectivity index (χ2n) is 5.57. The third kappa shape index (κ3) is 10.2. The summed E-state index contributed by atoms with van der Waals surface area (Å²) in [4.78, 5) is 0. The third-order valence-corrected chi connectivity index (χ3v) is 3.31. The summed E-state index contributed by atoms with van der Waals surface area (Å²) in [7, 11) is 0. The van der Waals surface area contributed by atoms with Gasteiger partial charge in [0.25, 0.3) is 0 Å². The van der Waals surface area contributed by atoms with E-state index in [2.05, 4.69) is 74.5 Å². The van der Waals surface area contributed by atoms with Crippen LogP contribution in [-0.4, -0.2) is 0 Å². The molecular weight excluding hydrogens is 288 g/mol. The molecule has 0 fully saturated rings. The van der Waals surface area contributed by atoms with E-state index in [9.17, 15) is 0 Å². The Morgan fingerprint density at radius 3 is 1.25 bits per heavy atom. The maximum absolute atomic E-state index is 2.16. The fourth-order valence-corrected chi connectivity index (χ4v) is 1.94. The van der Waals surface area contributed by atoms with Gasteiger partial charge in [-0.15, -0.1) is 0 Å². The van der Waals surface area contributed by atoms with E-state index in [4.69, 9.17) is 0 Å². The largest absolute Gasteiger partial charge is 0.0913 e. The Hall–Kier alpha value is -2.60. The summed E-state index contributed by atoms with van der Waals surface area (Å²) in [6.45, 7) is 6.21. The van der Waals surface area contributed by atoms with Crippen LogP contribution in [-0.2, 0) is 6.42 Å². The average molecular weight is 316 g/mol. The fraction of sp³-hybridized carbons (Fsp3) is 0.167. The van der Waals surface area contributed by atoms with E-state index in [1.165, 1.54) is 16.7 Å². The quantitative estimate of drug-likeness (QED) is 0.456. The molecule has 0 aliphatic carbocycles. The second-order valence-corrected chi connectivity index (χ2v) is 5.57. The van der Waals surface area contributed by atoms with E-state index in [0.29, 0.717) is 0 Å². The molecule has 0 aliphatic heterocycles. The summed E-state index contributed by atoms with van der Waals surface area (Å²) in [6.07, 6.45) is 5.29. The fourth-order valence-electron chi connectivity index (χ4n) is 1.94. The van der Waals surface area contributed by atoms with Crippen LogP contribution in [0.2, 0.25) is 0 Å². The second kappa shape index (κ2) is 12.9. The van der Waals surface area contributed by atoms with Crippen LogP contribution in [0.1, 0.15) is 23.6 Å². The summed E-state index contributed by atoms with van der Waals surface area (Å²) < 4.78 is 0. The topological polar surface area (TPSA) is 0 Å². The summed E-state index contributed by atoms with van der Waals surface area (Å²) >= 11 is 0. The first kappa shape index (κ1) is 19.4. The van der Waals surface area contributed by atoms with E-state index >= 15 is 0 Å².